The van der Waals surface area contributed by atoms with Gasteiger partial charge in [-0.2, -0.15) is 0 Å². The smallest absolute Gasteiger partial charge is 0.253 e. The molecule has 216 valence electrons. The first-order valence-corrected chi connectivity index (χ1v) is 14.7. The fraction of sp³-hybridized carbons (Fsp3) is 0.581. The number of nitrogens with zero attached hydrogens (tertiary/aromatic N) is 4. The highest BCUT2D eigenvalue weighted by atomic mass is 16.5. The predicted octanol–water partition coefficient (Wildman–Crippen LogP) is 2.60. The van der Waals surface area contributed by atoms with Gasteiger partial charge in [0, 0.05) is 57.8 Å². The van der Waals surface area contributed by atoms with Gasteiger partial charge in [-0.1, -0.05) is 37.1 Å². The second-order valence-electron chi connectivity index (χ2n) is 11.2. The molecule has 2 saturated heterocycles. The number of hydrogen-bond donors (Lipinski definition) is 1. The first kappa shape index (κ1) is 28.4. The first-order valence-electron chi connectivity index (χ1n) is 14.7. The molecule has 3 amide bonds. The van der Waals surface area contributed by atoms with E-state index >= 15 is 0 Å². The zero-order chi connectivity index (χ0) is 28.4. The SMILES string of the molecule is CCN(CC)c1ccc(N2CC=C[C@]34O[C@H]5C=CCN(C)C(=O)[C@H]5[C@H]3C(=O)N(CCCCCCO)C4C2=O)cc1. The number of unbranched alkanes of at least 4 members (excludes halogenated alkanes) is 3. The summed E-state index contributed by atoms with van der Waals surface area (Å²) in [6, 6.07) is 7.13. The molecule has 0 saturated carbocycles. The van der Waals surface area contributed by atoms with Gasteiger partial charge in [-0.25, -0.2) is 0 Å². The predicted molar refractivity (Wildman–Crippen MR) is 154 cm³/mol. The Balaban J connectivity index is 1.50. The molecule has 2 fully saturated rings. The summed E-state index contributed by atoms with van der Waals surface area (Å²) in [7, 11) is 1.74. The fourth-order valence-corrected chi connectivity index (χ4v) is 6.91. The van der Waals surface area contributed by atoms with Crippen molar-refractivity contribution in [3.63, 3.8) is 0 Å². The molecule has 1 unspecified atom stereocenters. The summed E-state index contributed by atoms with van der Waals surface area (Å²) in [5.41, 5.74) is 0.657. The quantitative estimate of drug-likeness (QED) is 0.356. The zero-order valence-corrected chi connectivity index (χ0v) is 23.9. The molecule has 4 aliphatic rings. The van der Waals surface area contributed by atoms with Gasteiger partial charge in [0.05, 0.1) is 17.9 Å². The second kappa shape index (κ2) is 11.7. The molecule has 0 aromatic heterocycles. The van der Waals surface area contributed by atoms with Crippen molar-refractivity contribution in [3.8, 4) is 0 Å². The van der Waals surface area contributed by atoms with E-state index in [0.717, 1.165) is 37.3 Å². The lowest BCUT2D eigenvalue weighted by atomic mass is 9.77. The Hall–Kier alpha value is -3.17. The number of anilines is 2. The number of fused-ring (bicyclic) bond motifs is 2. The summed E-state index contributed by atoms with van der Waals surface area (Å²) in [6.45, 7) is 7.39. The van der Waals surface area contributed by atoms with Gasteiger partial charge >= 0.3 is 0 Å². The maximum absolute atomic E-state index is 14.5. The molecule has 4 aliphatic heterocycles. The molecule has 4 heterocycles. The molecule has 0 aliphatic carbocycles. The van der Waals surface area contributed by atoms with Crippen LogP contribution in [-0.4, -0.2) is 96.8 Å². The van der Waals surface area contributed by atoms with E-state index in [0.29, 0.717) is 32.5 Å². The van der Waals surface area contributed by atoms with Crippen molar-refractivity contribution in [1.82, 2.24) is 9.80 Å². The summed E-state index contributed by atoms with van der Waals surface area (Å²) in [6.07, 6.45) is 10.2. The lowest BCUT2D eigenvalue weighted by Gasteiger charge is -2.35. The summed E-state index contributed by atoms with van der Waals surface area (Å²) < 4.78 is 6.67. The highest BCUT2D eigenvalue weighted by Crippen LogP contribution is 2.53. The van der Waals surface area contributed by atoms with Crippen LogP contribution >= 0.6 is 0 Å². The largest absolute Gasteiger partial charge is 0.396 e. The fourth-order valence-electron chi connectivity index (χ4n) is 6.91. The number of carbonyl (C=O) groups is 3. The maximum atomic E-state index is 14.5. The van der Waals surface area contributed by atoms with Gasteiger partial charge in [0.2, 0.25) is 11.8 Å². The van der Waals surface area contributed by atoms with E-state index in [-0.39, 0.29) is 24.3 Å². The number of benzene rings is 1. The number of carbonyl (C=O) groups excluding carboxylic acids is 3. The zero-order valence-electron chi connectivity index (χ0n) is 23.9. The Kier molecular flexibility index (Phi) is 8.33. The third-order valence-corrected chi connectivity index (χ3v) is 8.96. The van der Waals surface area contributed by atoms with Gasteiger partial charge in [-0.15, -0.1) is 0 Å². The molecule has 9 heteroatoms. The average Bonchev–Trinajstić information content (AvgIpc) is 3.28. The number of amides is 3. The third kappa shape index (κ3) is 4.73. The van der Waals surface area contributed by atoms with Crippen molar-refractivity contribution in [2.75, 3.05) is 56.2 Å². The molecule has 1 aromatic rings. The summed E-state index contributed by atoms with van der Waals surface area (Å²) >= 11 is 0. The van der Waals surface area contributed by atoms with E-state index in [2.05, 4.69) is 18.7 Å². The minimum Gasteiger partial charge on any atom is -0.396 e. The van der Waals surface area contributed by atoms with Crippen LogP contribution in [0.1, 0.15) is 39.5 Å². The molecule has 9 nitrogen and oxygen atoms in total. The normalized spacial score (nSPS) is 29.4. The van der Waals surface area contributed by atoms with Crippen LogP contribution in [-0.2, 0) is 19.1 Å². The van der Waals surface area contributed by atoms with Crippen molar-refractivity contribution in [1.29, 1.82) is 0 Å². The van der Waals surface area contributed by atoms with E-state index in [1.165, 1.54) is 0 Å². The van der Waals surface area contributed by atoms with Crippen LogP contribution in [0, 0.1) is 11.8 Å². The number of aliphatic hydroxyl groups is 1. The highest BCUT2D eigenvalue weighted by molar-refractivity contribution is 6.05. The van der Waals surface area contributed by atoms with Crippen molar-refractivity contribution in [2.24, 2.45) is 11.8 Å². The lowest BCUT2D eigenvalue weighted by Crippen LogP contribution is -2.55. The van der Waals surface area contributed by atoms with Crippen molar-refractivity contribution in [3.05, 3.63) is 48.6 Å². The molecule has 1 spiro atoms. The number of rotatable bonds is 10. The molecule has 1 aromatic carbocycles. The Morgan fingerprint density at radius 1 is 0.950 bits per heavy atom. The summed E-state index contributed by atoms with van der Waals surface area (Å²) in [5.74, 6) is -1.93. The van der Waals surface area contributed by atoms with Crippen molar-refractivity contribution >= 4 is 29.1 Å². The highest BCUT2D eigenvalue weighted by Gasteiger charge is 2.71. The van der Waals surface area contributed by atoms with Gasteiger partial charge < -0.3 is 29.4 Å². The molecule has 5 rings (SSSR count). The second-order valence-corrected chi connectivity index (χ2v) is 11.2. The van der Waals surface area contributed by atoms with Crippen LogP contribution in [0.15, 0.2) is 48.6 Å². The number of hydrogen-bond acceptors (Lipinski definition) is 6. The number of likely N-dealkylation sites (tertiary alicyclic amines) is 1. The maximum Gasteiger partial charge on any atom is 0.253 e. The standard InChI is InChI=1S/C31H42N4O5/c1-4-33(5-2)22-13-15-23(16-14-22)34-20-11-17-31-26(25-24(40-31)12-10-18-32(3)28(25)37)29(38)35(27(31)30(34)39)19-8-6-7-9-21-36/h10-17,24-27,36H,4-9,18-21H2,1-3H3/t24-,25+,26-,27?,31-/m0/s1. The van der Waals surface area contributed by atoms with E-state index in [9.17, 15) is 14.4 Å². The van der Waals surface area contributed by atoms with Crippen LogP contribution < -0.4 is 9.80 Å². The van der Waals surface area contributed by atoms with Gasteiger partial charge in [0.15, 0.2) is 0 Å². The minimum atomic E-state index is -1.21. The van der Waals surface area contributed by atoms with Crippen LogP contribution in [0.5, 0.6) is 0 Å². The monoisotopic (exact) mass is 550 g/mol. The third-order valence-electron chi connectivity index (χ3n) is 8.96. The van der Waals surface area contributed by atoms with E-state index in [4.69, 9.17) is 9.84 Å². The Morgan fingerprint density at radius 3 is 2.38 bits per heavy atom. The van der Waals surface area contributed by atoms with Crippen molar-refractivity contribution in [2.45, 2.75) is 57.3 Å². The molecule has 1 N–H and O–H groups in total. The van der Waals surface area contributed by atoms with Crippen LogP contribution in [0.2, 0.25) is 0 Å². The summed E-state index contributed by atoms with van der Waals surface area (Å²) in [4.78, 5) is 49.4. The van der Waals surface area contributed by atoms with Gasteiger partial charge in [-0.05, 0) is 51.0 Å². The molecule has 40 heavy (non-hydrogen) atoms. The average molecular weight is 551 g/mol. The molecular weight excluding hydrogens is 508 g/mol. The Bertz CT molecular complexity index is 1160. The number of aliphatic hydroxyl groups excluding tert-OH is 1. The number of likely N-dealkylation sites (N-methyl/N-ethyl adjacent to an activating group) is 1. The first-order chi connectivity index (χ1) is 19.4. The van der Waals surface area contributed by atoms with E-state index in [1.807, 2.05) is 48.6 Å². The Labute approximate surface area is 237 Å². The minimum absolute atomic E-state index is 0.122. The lowest BCUT2D eigenvalue weighted by molar-refractivity contribution is -0.143. The van der Waals surface area contributed by atoms with Crippen LogP contribution in [0.25, 0.3) is 0 Å². The van der Waals surface area contributed by atoms with Gasteiger partial charge in [-0.3, -0.25) is 14.4 Å². The molecule has 0 bridgehead atoms. The molecule has 0 radical (unpaired) electrons. The van der Waals surface area contributed by atoms with Gasteiger partial charge in [0.25, 0.3) is 5.91 Å². The number of ether oxygens (including phenoxy) is 1. The van der Waals surface area contributed by atoms with Crippen molar-refractivity contribution < 1.29 is 24.2 Å². The summed E-state index contributed by atoms with van der Waals surface area (Å²) in [5, 5.41) is 9.16. The van der Waals surface area contributed by atoms with E-state index < -0.39 is 29.6 Å². The van der Waals surface area contributed by atoms with Crippen LogP contribution in [0.4, 0.5) is 11.4 Å². The van der Waals surface area contributed by atoms with E-state index in [1.54, 1.807) is 21.7 Å². The topological polar surface area (TPSA) is 93.6 Å². The Morgan fingerprint density at radius 2 is 1.68 bits per heavy atom. The molecular formula is C31H42N4O5. The van der Waals surface area contributed by atoms with Crippen LogP contribution in [0.3, 0.4) is 0 Å². The molecule has 5 atom stereocenters. The van der Waals surface area contributed by atoms with Gasteiger partial charge in [0.1, 0.15) is 11.6 Å².